The first kappa shape index (κ1) is 7.34. The molecule has 0 saturated heterocycles. The van der Waals surface area contributed by atoms with Crippen LogP contribution in [0, 0.1) is 5.92 Å². The van der Waals surface area contributed by atoms with Gasteiger partial charge >= 0.3 is 0 Å². The molecule has 1 unspecified atom stereocenters. The first-order valence-corrected chi connectivity index (χ1v) is 4.08. The maximum absolute atomic E-state index is 10.9. The molecule has 0 radical (unpaired) electrons. The number of nitrogens with two attached hydrogens (primary N) is 1. The monoisotopic (exact) mass is 165 g/mol. The maximum atomic E-state index is 10.9. The van der Waals surface area contributed by atoms with Crippen molar-refractivity contribution >= 4 is 5.91 Å². The van der Waals surface area contributed by atoms with Crippen molar-refractivity contribution in [2.24, 2.45) is 11.7 Å². The number of hydrogen-bond acceptors (Lipinski definition) is 2. The summed E-state index contributed by atoms with van der Waals surface area (Å²) in [6.07, 6.45) is 4.31. The molecule has 1 aromatic heterocycles. The molecule has 3 N–H and O–H groups in total. The SMILES string of the molecule is NC(=O)C1CCc2n[nH]cc2C1. The molecule has 0 aliphatic heterocycles. The summed E-state index contributed by atoms with van der Waals surface area (Å²) < 4.78 is 0. The zero-order valence-electron chi connectivity index (χ0n) is 6.71. The van der Waals surface area contributed by atoms with E-state index >= 15 is 0 Å². The predicted molar refractivity (Wildman–Crippen MR) is 43.3 cm³/mol. The van der Waals surface area contributed by atoms with E-state index in [9.17, 15) is 4.79 Å². The molecule has 1 heterocycles. The van der Waals surface area contributed by atoms with Crippen LogP contribution in [-0.4, -0.2) is 16.1 Å². The Morgan fingerprint density at radius 1 is 1.75 bits per heavy atom. The van der Waals surface area contributed by atoms with Crippen molar-refractivity contribution in [3.63, 3.8) is 0 Å². The number of amides is 1. The largest absolute Gasteiger partial charge is 0.369 e. The topological polar surface area (TPSA) is 71.8 Å². The van der Waals surface area contributed by atoms with Gasteiger partial charge in [-0.2, -0.15) is 5.10 Å². The van der Waals surface area contributed by atoms with E-state index in [0.29, 0.717) is 0 Å². The number of carbonyl (C=O) groups excluding carboxylic acids is 1. The summed E-state index contributed by atoms with van der Waals surface area (Å²) in [5.41, 5.74) is 7.46. The normalized spacial score (nSPS) is 21.8. The number of aromatic nitrogens is 2. The lowest BCUT2D eigenvalue weighted by Gasteiger charge is -2.17. The van der Waals surface area contributed by atoms with Crippen LogP contribution in [0.2, 0.25) is 0 Å². The van der Waals surface area contributed by atoms with Crippen molar-refractivity contribution in [1.82, 2.24) is 10.2 Å². The number of aromatic amines is 1. The molecule has 0 spiro atoms. The van der Waals surface area contributed by atoms with Gasteiger partial charge in [-0.25, -0.2) is 0 Å². The number of hydrogen-bond donors (Lipinski definition) is 2. The lowest BCUT2D eigenvalue weighted by atomic mass is 9.87. The van der Waals surface area contributed by atoms with Crippen LogP contribution in [0.1, 0.15) is 17.7 Å². The smallest absolute Gasteiger partial charge is 0.220 e. The second-order valence-corrected chi connectivity index (χ2v) is 3.20. The molecule has 2 rings (SSSR count). The summed E-state index contributed by atoms with van der Waals surface area (Å²) in [6.45, 7) is 0. The fourth-order valence-electron chi connectivity index (χ4n) is 1.66. The number of fused-ring (bicyclic) bond motifs is 1. The highest BCUT2D eigenvalue weighted by Gasteiger charge is 2.23. The Morgan fingerprint density at radius 2 is 2.58 bits per heavy atom. The summed E-state index contributed by atoms with van der Waals surface area (Å²) in [5, 5.41) is 6.87. The molecule has 1 aromatic rings. The summed E-state index contributed by atoms with van der Waals surface area (Å²) in [5.74, 6) is -0.183. The lowest BCUT2D eigenvalue weighted by Crippen LogP contribution is -2.28. The molecule has 0 fully saturated rings. The van der Waals surface area contributed by atoms with Crippen LogP contribution in [-0.2, 0) is 17.6 Å². The van der Waals surface area contributed by atoms with E-state index in [4.69, 9.17) is 5.73 Å². The molecule has 4 heteroatoms. The van der Waals surface area contributed by atoms with Crippen molar-refractivity contribution in [2.45, 2.75) is 19.3 Å². The summed E-state index contributed by atoms with van der Waals surface area (Å²) in [6, 6.07) is 0. The van der Waals surface area contributed by atoms with Gasteiger partial charge in [0.1, 0.15) is 0 Å². The average molecular weight is 165 g/mol. The summed E-state index contributed by atoms with van der Waals surface area (Å²) >= 11 is 0. The van der Waals surface area contributed by atoms with Crippen molar-refractivity contribution in [3.05, 3.63) is 17.5 Å². The van der Waals surface area contributed by atoms with Gasteiger partial charge in [-0.15, -0.1) is 0 Å². The second kappa shape index (κ2) is 2.62. The van der Waals surface area contributed by atoms with E-state index < -0.39 is 0 Å². The number of H-pyrrole nitrogens is 1. The Kier molecular flexibility index (Phi) is 1.60. The molecular weight excluding hydrogens is 154 g/mol. The minimum absolute atomic E-state index is 0.00935. The third kappa shape index (κ3) is 1.09. The molecule has 1 amide bonds. The molecule has 0 saturated carbocycles. The van der Waals surface area contributed by atoms with Crippen molar-refractivity contribution in [3.8, 4) is 0 Å². The minimum atomic E-state index is -0.193. The summed E-state index contributed by atoms with van der Waals surface area (Å²) in [4.78, 5) is 10.9. The van der Waals surface area contributed by atoms with Gasteiger partial charge in [-0.3, -0.25) is 9.89 Å². The van der Waals surface area contributed by atoms with E-state index in [1.807, 2.05) is 6.20 Å². The molecule has 64 valence electrons. The fourth-order valence-corrected chi connectivity index (χ4v) is 1.66. The molecule has 1 aliphatic rings. The quantitative estimate of drug-likeness (QED) is 0.614. The Hall–Kier alpha value is -1.32. The van der Waals surface area contributed by atoms with Gasteiger partial charge < -0.3 is 5.73 Å². The number of rotatable bonds is 1. The van der Waals surface area contributed by atoms with E-state index in [-0.39, 0.29) is 11.8 Å². The fraction of sp³-hybridized carbons (Fsp3) is 0.500. The van der Waals surface area contributed by atoms with Crippen LogP contribution in [0.5, 0.6) is 0 Å². The Bertz CT molecular complexity index is 305. The lowest BCUT2D eigenvalue weighted by molar-refractivity contribution is -0.122. The first-order chi connectivity index (χ1) is 5.77. The van der Waals surface area contributed by atoms with E-state index in [2.05, 4.69) is 10.2 Å². The Labute approximate surface area is 70.1 Å². The maximum Gasteiger partial charge on any atom is 0.220 e. The number of primary amides is 1. The van der Waals surface area contributed by atoms with Crippen LogP contribution in [0.3, 0.4) is 0 Å². The van der Waals surface area contributed by atoms with Crippen molar-refractivity contribution in [2.75, 3.05) is 0 Å². The zero-order valence-corrected chi connectivity index (χ0v) is 6.71. The summed E-state index contributed by atoms with van der Waals surface area (Å²) in [7, 11) is 0. The molecule has 0 aromatic carbocycles. The van der Waals surface area contributed by atoms with Gasteiger partial charge in [0.25, 0.3) is 0 Å². The molecule has 1 aliphatic carbocycles. The number of aryl methyl sites for hydroxylation is 1. The van der Waals surface area contributed by atoms with E-state index in [1.54, 1.807) is 0 Å². The molecule has 4 nitrogen and oxygen atoms in total. The van der Waals surface area contributed by atoms with Crippen LogP contribution in [0.15, 0.2) is 6.20 Å². The number of carbonyl (C=O) groups is 1. The highest BCUT2D eigenvalue weighted by molar-refractivity contribution is 5.77. The van der Waals surface area contributed by atoms with Crippen molar-refractivity contribution < 1.29 is 4.79 Å². The van der Waals surface area contributed by atoms with Gasteiger partial charge in [-0.05, 0) is 24.8 Å². The minimum Gasteiger partial charge on any atom is -0.369 e. The van der Waals surface area contributed by atoms with Crippen molar-refractivity contribution in [1.29, 1.82) is 0 Å². The van der Waals surface area contributed by atoms with Gasteiger partial charge in [0.15, 0.2) is 0 Å². The first-order valence-electron chi connectivity index (χ1n) is 4.08. The van der Waals surface area contributed by atoms with Crippen LogP contribution < -0.4 is 5.73 Å². The second-order valence-electron chi connectivity index (χ2n) is 3.20. The molecule has 0 bridgehead atoms. The van der Waals surface area contributed by atoms with E-state index in [0.717, 1.165) is 30.5 Å². The third-order valence-electron chi connectivity index (χ3n) is 2.41. The average Bonchev–Trinajstić information content (AvgIpc) is 2.49. The van der Waals surface area contributed by atoms with Crippen LogP contribution in [0.4, 0.5) is 0 Å². The zero-order chi connectivity index (χ0) is 8.55. The van der Waals surface area contributed by atoms with Gasteiger partial charge in [0.2, 0.25) is 5.91 Å². The standard InChI is InChI=1S/C8H11N3O/c9-8(12)5-1-2-7-6(3-5)4-10-11-7/h4-5H,1-3H2,(H2,9,12)(H,10,11). The Balaban J connectivity index is 2.20. The predicted octanol–water partition coefficient (Wildman–Crippen LogP) is -0.000100. The number of nitrogens with one attached hydrogen (secondary N) is 1. The van der Waals surface area contributed by atoms with Crippen LogP contribution in [0.25, 0.3) is 0 Å². The van der Waals surface area contributed by atoms with Gasteiger partial charge in [0, 0.05) is 12.1 Å². The van der Waals surface area contributed by atoms with Gasteiger partial charge in [0.05, 0.1) is 5.69 Å². The van der Waals surface area contributed by atoms with E-state index in [1.165, 1.54) is 0 Å². The Morgan fingerprint density at radius 3 is 3.33 bits per heavy atom. The van der Waals surface area contributed by atoms with Gasteiger partial charge in [-0.1, -0.05) is 0 Å². The molecular formula is C8H11N3O. The van der Waals surface area contributed by atoms with Crippen LogP contribution >= 0.6 is 0 Å². The highest BCUT2D eigenvalue weighted by atomic mass is 16.1. The number of nitrogens with zero attached hydrogens (tertiary/aromatic N) is 1. The molecule has 1 atom stereocenters. The third-order valence-corrected chi connectivity index (χ3v) is 2.41. The molecule has 12 heavy (non-hydrogen) atoms. The highest BCUT2D eigenvalue weighted by Crippen LogP contribution is 2.22.